The molecule has 0 unspecified atom stereocenters. The monoisotopic (exact) mass is 233 g/mol. The van der Waals surface area contributed by atoms with E-state index in [1.807, 2.05) is 11.3 Å². The van der Waals surface area contributed by atoms with E-state index in [-0.39, 0.29) is 0 Å². The van der Waals surface area contributed by atoms with Crippen molar-refractivity contribution in [3.05, 3.63) is 34.2 Å². The van der Waals surface area contributed by atoms with Crippen LogP contribution in [0.2, 0.25) is 0 Å². The Morgan fingerprint density at radius 1 is 1.31 bits per heavy atom. The molecule has 86 valence electrons. The molecule has 2 N–H and O–H groups in total. The molecular weight excluding hydrogens is 214 g/mol. The van der Waals surface area contributed by atoms with Crippen LogP contribution < -0.4 is 5.73 Å². The molecule has 0 aliphatic carbocycles. The summed E-state index contributed by atoms with van der Waals surface area (Å²) in [6, 6.07) is 6.82. The number of fused-ring (bicyclic) bond motifs is 1. The second kappa shape index (κ2) is 4.56. The molecule has 2 heteroatoms. The highest BCUT2D eigenvalue weighted by Gasteiger charge is 2.10. The number of hydrogen-bond donors (Lipinski definition) is 1. The first-order valence-electron chi connectivity index (χ1n) is 5.91. The molecule has 0 amide bonds. The van der Waals surface area contributed by atoms with E-state index in [1.54, 1.807) is 0 Å². The third kappa shape index (κ3) is 1.87. The molecule has 0 bridgehead atoms. The van der Waals surface area contributed by atoms with Gasteiger partial charge in [-0.15, -0.1) is 11.3 Å². The third-order valence-corrected chi connectivity index (χ3v) is 4.34. The zero-order valence-corrected chi connectivity index (χ0v) is 11.0. The summed E-state index contributed by atoms with van der Waals surface area (Å²) in [7, 11) is 0. The smallest absolute Gasteiger partial charge is 0.0349 e. The third-order valence-electron chi connectivity index (χ3n) is 3.10. The molecule has 0 fully saturated rings. The van der Waals surface area contributed by atoms with E-state index in [0.29, 0.717) is 12.5 Å². The van der Waals surface area contributed by atoms with Crippen LogP contribution in [-0.4, -0.2) is 0 Å². The molecule has 0 atom stereocenters. The molecule has 2 rings (SSSR count). The highest BCUT2D eigenvalue weighted by molar-refractivity contribution is 7.19. The molecular formula is C14H19NS. The van der Waals surface area contributed by atoms with Gasteiger partial charge in [0.25, 0.3) is 0 Å². The molecule has 0 radical (unpaired) electrons. The molecule has 2 aromatic rings. The highest BCUT2D eigenvalue weighted by atomic mass is 32.1. The predicted molar refractivity (Wildman–Crippen MR) is 73.2 cm³/mol. The van der Waals surface area contributed by atoms with E-state index < -0.39 is 0 Å². The zero-order chi connectivity index (χ0) is 11.7. The van der Waals surface area contributed by atoms with E-state index in [1.165, 1.54) is 26.1 Å². The van der Waals surface area contributed by atoms with E-state index in [9.17, 15) is 0 Å². The summed E-state index contributed by atoms with van der Waals surface area (Å²) in [5, 5.41) is 1.42. The Bertz CT molecular complexity index is 497. The van der Waals surface area contributed by atoms with Crippen LogP contribution in [0.25, 0.3) is 10.1 Å². The average Bonchev–Trinajstić information content (AvgIpc) is 2.65. The highest BCUT2D eigenvalue weighted by Crippen LogP contribution is 2.33. The van der Waals surface area contributed by atoms with Gasteiger partial charge in [0.05, 0.1) is 0 Å². The van der Waals surface area contributed by atoms with Gasteiger partial charge in [0.1, 0.15) is 0 Å². The van der Waals surface area contributed by atoms with E-state index in [2.05, 4.69) is 39.0 Å². The van der Waals surface area contributed by atoms with Gasteiger partial charge in [-0.3, -0.25) is 0 Å². The first-order valence-corrected chi connectivity index (χ1v) is 6.73. The van der Waals surface area contributed by atoms with Crippen LogP contribution in [0.4, 0.5) is 0 Å². The quantitative estimate of drug-likeness (QED) is 0.850. The summed E-state index contributed by atoms with van der Waals surface area (Å²) in [5.74, 6) is 0.593. The van der Waals surface area contributed by atoms with Crippen molar-refractivity contribution >= 4 is 21.4 Å². The second-order valence-electron chi connectivity index (χ2n) is 4.47. The molecule has 0 saturated carbocycles. The maximum Gasteiger partial charge on any atom is 0.0349 e. The maximum atomic E-state index is 5.80. The molecule has 1 aromatic carbocycles. The predicted octanol–water partition coefficient (Wildman–Crippen LogP) is 4.05. The first kappa shape index (κ1) is 11.6. The van der Waals surface area contributed by atoms with Crippen molar-refractivity contribution in [1.82, 2.24) is 0 Å². The van der Waals surface area contributed by atoms with Gasteiger partial charge >= 0.3 is 0 Å². The van der Waals surface area contributed by atoms with Gasteiger partial charge in [-0.25, -0.2) is 0 Å². The number of thiophene rings is 1. The van der Waals surface area contributed by atoms with Crippen LogP contribution >= 0.6 is 11.3 Å². The van der Waals surface area contributed by atoms with Crippen molar-refractivity contribution in [3.8, 4) is 0 Å². The zero-order valence-electron chi connectivity index (χ0n) is 10.2. The molecule has 1 aromatic heterocycles. The minimum Gasteiger partial charge on any atom is -0.326 e. The standard InChI is InChI=1S/C14H19NS/c1-4-11-12-7-10(9(2)3)5-6-13(12)16-14(11)8-15/h5-7,9H,4,8,15H2,1-3H3. The van der Waals surface area contributed by atoms with Crippen molar-refractivity contribution in [2.24, 2.45) is 5.73 Å². The Morgan fingerprint density at radius 3 is 2.62 bits per heavy atom. The van der Waals surface area contributed by atoms with Crippen molar-refractivity contribution in [2.45, 2.75) is 39.7 Å². The molecule has 16 heavy (non-hydrogen) atoms. The number of hydrogen-bond acceptors (Lipinski definition) is 2. The number of benzene rings is 1. The van der Waals surface area contributed by atoms with Crippen LogP contribution in [0.3, 0.4) is 0 Å². The fourth-order valence-corrected chi connectivity index (χ4v) is 3.28. The lowest BCUT2D eigenvalue weighted by Gasteiger charge is -2.05. The van der Waals surface area contributed by atoms with E-state index in [4.69, 9.17) is 5.73 Å². The van der Waals surface area contributed by atoms with Crippen molar-refractivity contribution in [3.63, 3.8) is 0 Å². The van der Waals surface area contributed by atoms with Crippen molar-refractivity contribution < 1.29 is 0 Å². The Hall–Kier alpha value is -0.860. The van der Waals surface area contributed by atoms with Gasteiger partial charge in [0.2, 0.25) is 0 Å². The Morgan fingerprint density at radius 2 is 2.06 bits per heavy atom. The maximum absolute atomic E-state index is 5.80. The van der Waals surface area contributed by atoms with Crippen LogP contribution in [0, 0.1) is 0 Å². The summed E-state index contributed by atoms with van der Waals surface area (Å²) in [6.07, 6.45) is 1.08. The SMILES string of the molecule is CCc1c(CN)sc2ccc(C(C)C)cc12. The molecule has 0 aliphatic rings. The Kier molecular flexibility index (Phi) is 3.31. The lowest BCUT2D eigenvalue weighted by molar-refractivity contribution is 0.868. The normalized spacial score (nSPS) is 11.6. The molecule has 1 nitrogen and oxygen atoms in total. The van der Waals surface area contributed by atoms with Crippen LogP contribution in [0.5, 0.6) is 0 Å². The largest absolute Gasteiger partial charge is 0.326 e. The van der Waals surface area contributed by atoms with Gasteiger partial charge in [-0.2, -0.15) is 0 Å². The summed E-state index contributed by atoms with van der Waals surface area (Å²) in [5.41, 5.74) is 8.67. The molecule has 0 spiro atoms. The first-order chi connectivity index (χ1) is 7.67. The van der Waals surface area contributed by atoms with E-state index in [0.717, 1.165) is 6.42 Å². The summed E-state index contributed by atoms with van der Waals surface area (Å²) >= 11 is 1.84. The number of nitrogens with two attached hydrogens (primary N) is 1. The van der Waals surface area contributed by atoms with Gasteiger partial charge in [-0.1, -0.05) is 26.8 Å². The van der Waals surface area contributed by atoms with Gasteiger partial charge in [0, 0.05) is 16.1 Å². The van der Waals surface area contributed by atoms with Gasteiger partial charge in [-0.05, 0) is 41.0 Å². The van der Waals surface area contributed by atoms with Crippen molar-refractivity contribution in [2.75, 3.05) is 0 Å². The molecule has 0 saturated heterocycles. The topological polar surface area (TPSA) is 26.0 Å². The van der Waals surface area contributed by atoms with Crippen molar-refractivity contribution in [1.29, 1.82) is 0 Å². The van der Waals surface area contributed by atoms with Crippen LogP contribution in [0.1, 0.15) is 42.7 Å². The van der Waals surface area contributed by atoms with Gasteiger partial charge in [0.15, 0.2) is 0 Å². The summed E-state index contributed by atoms with van der Waals surface area (Å²) < 4.78 is 1.38. The molecule has 0 aliphatic heterocycles. The number of aryl methyl sites for hydroxylation is 1. The van der Waals surface area contributed by atoms with Gasteiger partial charge < -0.3 is 5.73 Å². The van der Waals surface area contributed by atoms with Crippen LogP contribution in [0.15, 0.2) is 18.2 Å². The average molecular weight is 233 g/mol. The fraction of sp³-hybridized carbons (Fsp3) is 0.429. The number of rotatable bonds is 3. The second-order valence-corrected chi connectivity index (χ2v) is 5.61. The van der Waals surface area contributed by atoms with Crippen LogP contribution in [-0.2, 0) is 13.0 Å². The lowest BCUT2D eigenvalue weighted by Crippen LogP contribution is -1.96. The summed E-state index contributed by atoms with van der Waals surface area (Å²) in [4.78, 5) is 1.35. The summed E-state index contributed by atoms with van der Waals surface area (Å²) in [6.45, 7) is 7.36. The van der Waals surface area contributed by atoms with E-state index >= 15 is 0 Å². The Balaban J connectivity index is 2.65. The lowest BCUT2D eigenvalue weighted by atomic mass is 9.99. The molecule has 1 heterocycles. The fourth-order valence-electron chi connectivity index (χ4n) is 2.13. The minimum absolute atomic E-state index is 0.593. The Labute approximate surface area is 101 Å². The minimum atomic E-state index is 0.593.